The summed E-state index contributed by atoms with van der Waals surface area (Å²) in [6.45, 7) is 5.59. The quantitative estimate of drug-likeness (QED) is 0.773. The van der Waals surface area contributed by atoms with E-state index in [0.717, 1.165) is 37.2 Å². The molecule has 2 heterocycles. The molecule has 0 aliphatic carbocycles. The van der Waals surface area contributed by atoms with Gasteiger partial charge in [-0.2, -0.15) is 0 Å². The van der Waals surface area contributed by atoms with Crippen molar-refractivity contribution in [2.24, 2.45) is 0 Å². The summed E-state index contributed by atoms with van der Waals surface area (Å²) < 4.78 is 0. The van der Waals surface area contributed by atoms with Crippen LogP contribution >= 0.6 is 0 Å². The zero-order valence-electron chi connectivity index (χ0n) is 11.5. The lowest BCUT2D eigenvalue weighted by molar-refractivity contribution is -0.121. The lowest BCUT2D eigenvalue weighted by atomic mass is 10.2. The number of imidazole rings is 1. The Morgan fingerprint density at radius 1 is 1.35 bits per heavy atom. The van der Waals surface area contributed by atoms with Crippen molar-refractivity contribution in [1.29, 1.82) is 0 Å². The Hall–Kier alpha value is -1.92. The molecule has 0 bridgehead atoms. The molecule has 1 saturated heterocycles. The Morgan fingerprint density at radius 2 is 2.10 bits per heavy atom. The highest BCUT2D eigenvalue weighted by atomic mass is 16.2. The van der Waals surface area contributed by atoms with Gasteiger partial charge in [0, 0.05) is 26.2 Å². The lowest BCUT2D eigenvalue weighted by Crippen LogP contribution is -2.51. The molecule has 20 heavy (non-hydrogen) atoms. The van der Waals surface area contributed by atoms with Crippen LogP contribution in [0.15, 0.2) is 24.3 Å². The Bertz CT molecular complexity index is 569. The first kappa shape index (κ1) is 13.1. The molecule has 3 rings (SSSR count). The van der Waals surface area contributed by atoms with E-state index in [-0.39, 0.29) is 11.9 Å². The summed E-state index contributed by atoms with van der Waals surface area (Å²) in [5, 5.41) is 6.14. The number of aromatic amines is 1. The number of piperazine rings is 1. The number of rotatable bonds is 3. The van der Waals surface area contributed by atoms with Crippen molar-refractivity contribution < 1.29 is 4.79 Å². The van der Waals surface area contributed by atoms with Crippen LogP contribution in [0.2, 0.25) is 0 Å². The van der Waals surface area contributed by atoms with E-state index in [2.05, 4.69) is 25.5 Å². The van der Waals surface area contributed by atoms with Crippen LogP contribution in [0, 0.1) is 0 Å². The highest BCUT2D eigenvalue weighted by molar-refractivity contribution is 5.94. The summed E-state index contributed by atoms with van der Waals surface area (Å²) in [4.78, 5) is 21.9. The zero-order valence-corrected chi connectivity index (χ0v) is 11.5. The first-order valence-corrected chi connectivity index (χ1v) is 6.94. The van der Waals surface area contributed by atoms with Crippen LogP contribution in [0.5, 0.6) is 0 Å². The van der Waals surface area contributed by atoms with Crippen molar-refractivity contribution in [3.63, 3.8) is 0 Å². The smallest absolute Gasteiger partial charge is 0.243 e. The van der Waals surface area contributed by atoms with Gasteiger partial charge in [0.25, 0.3) is 0 Å². The van der Waals surface area contributed by atoms with Crippen LogP contribution in [-0.4, -0.2) is 53.0 Å². The highest BCUT2D eigenvalue weighted by Gasteiger charge is 2.23. The monoisotopic (exact) mass is 273 g/mol. The SMILES string of the molecule is CC(C(=O)Nc1nc2ccccc2[nH]1)N1CCNCC1. The van der Waals surface area contributed by atoms with Crippen LogP contribution in [0.25, 0.3) is 11.0 Å². The predicted molar refractivity (Wildman–Crippen MR) is 78.6 cm³/mol. The number of carbonyl (C=O) groups is 1. The lowest BCUT2D eigenvalue weighted by Gasteiger charge is -2.31. The number of hydrogen-bond acceptors (Lipinski definition) is 4. The van der Waals surface area contributed by atoms with Crippen LogP contribution in [0.4, 0.5) is 5.95 Å². The van der Waals surface area contributed by atoms with Gasteiger partial charge in [0.2, 0.25) is 11.9 Å². The van der Waals surface area contributed by atoms with Crippen LogP contribution in [0.1, 0.15) is 6.92 Å². The van der Waals surface area contributed by atoms with Crippen molar-refractivity contribution in [3.8, 4) is 0 Å². The largest absolute Gasteiger partial charge is 0.324 e. The third-order valence-electron chi connectivity index (χ3n) is 3.71. The maximum absolute atomic E-state index is 12.3. The molecule has 1 aliphatic rings. The van der Waals surface area contributed by atoms with E-state index < -0.39 is 0 Å². The molecule has 0 radical (unpaired) electrons. The zero-order chi connectivity index (χ0) is 13.9. The maximum Gasteiger partial charge on any atom is 0.243 e. The van der Waals surface area contributed by atoms with Gasteiger partial charge in [-0.25, -0.2) is 4.98 Å². The highest BCUT2D eigenvalue weighted by Crippen LogP contribution is 2.14. The van der Waals surface area contributed by atoms with Crippen LogP contribution in [0.3, 0.4) is 0 Å². The Morgan fingerprint density at radius 3 is 2.85 bits per heavy atom. The molecular weight excluding hydrogens is 254 g/mol. The molecule has 1 amide bonds. The van der Waals surface area contributed by atoms with E-state index in [0.29, 0.717) is 5.95 Å². The topological polar surface area (TPSA) is 73.0 Å². The third-order valence-corrected chi connectivity index (χ3v) is 3.71. The van der Waals surface area contributed by atoms with Gasteiger partial charge in [-0.1, -0.05) is 12.1 Å². The molecule has 2 aromatic rings. The summed E-state index contributed by atoms with van der Waals surface area (Å²) in [5.41, 5.74) is 1.79. The minimum atomic E-state index is -0.148. The van der Waals surface area contributed by atoms with Crippen LogP contribution in [-0.2, 0) is 4.79 Å². The molecular formula is C14H19N5O. The van der Waals surface area contributed by atoms with Gasteiger partial charge < -0.3 is 10.3 Å². The second-order valence-electron chi connectivity index (χ2n) is 5.05. The summed E-state index contributed by atoms with van der Waals surface area (Å²) in [7, 11) is 0. The molecule has 1 aromatic heterocycles. The maximum atomic E-state index is 12.3. The Balaban J connectivity index is 1.68. The third kappa shape index (κ3) is 2.66. The van der Waals surface area contributed by atoms with Crippen LogP contribution < -0.4 is 10.6 Å². The van der Waals surface area contributed by atoms with Gasteiger partial charge in [-0.05, 0) is 19.1 Å². The normalized spacial score (nSPS) is 18.1. The second kappa shape index (κ2) is 5.60. The van der Waals surface area contributed by atoms with E-state index in [1.165, 1.54) is 0 Å². The van der Waals surface area contributed by atoms with Gasteiger partial charge in [0.05, 0.1) is 17.1 Å². The number of nitrogens with zero attached hydrogens (tertiary/aromatic N) is 2. The van der Waals surface area contributed by atoms with E-state index >= 15 is 0 Å². The van der Waals surface area contributed by atoms with Crippen molar-refractivity contribution in [1.82, 2.24) is 20.2 Å². The average molecular weight is 273 g/mol. The number of para-hydroxylation sites is 2. The number of nitrogens with one attached hydrogen (secondary N) is 3. The van der Waals surface area contributed by atoms with Crippen molar-refractivity contribution in [2.75, 3.05) is 31.5 Å². The molecule has 106 valence electrons. The molecule has 1 unspecified atom stereocenters. The number of carbonyl (C=O) groups excluding carboxylic acids is 1. The van der Waals surface area contributed by atoms with Crippen molar-refractivity contribution in [2.45, 2.75) is 13.0 Å². The fraction of sp³-hybridized carbons (Fsp3) is 0.429. The Kier molecular flexibility index (Phi) is 3.66. The number of hydrogen-bond donors (Lipinski definition) is 3. The number of aromatic nitrogens is 2. The van der Waals surface area contributed by atoms with Crippen molar-refractivity contribution in [3.05, 3.63) is 24.3 Å². The summed E-state index contributed by atoms with van der Waals surface area (Å²) in [6, 6.07) is 7.58. The second-order valence-corrected chi connectivity index (χ2v) is 5.05. The van der Waals surface area contributed by atoms with E-state index in [1.54, 1.807) is 0 Å². The minimum Gasteiger partial charge on any atom is -0.324 e. The molecule has 0 spiro atoms. The summed E-state index contributed by atoms with van der Waals surface area (Å²) in [5.74, 6) is 0.490. The Labute approximate surface area is 117 Å². The minimum absolute atomic E-state index is 0.0223. The number of amides is 1. The van der Waals surface area contributed by atoms with E-state index in [1.807, 2.05) is 31.2 Å². The first-order chi connectivity index (χ1) is 9.74. The molecule has 1 atom stereocenters. The molecule has 6 nitrogen and oxygen atoms in total. The first-order valence-electron chi connectivity index (χ1n) is 6.94. The van der Waals surface area contributed by atoms with E-state index in [4.69, 9.17) is 0 Å². The van der Waals surface area contributed by atoms with Gasteiger partial charge in [0.1, 0.15) is 0 Å². The average Bonchev–Trinajstić information content (AvgIpc) is 2.89. The van der Waals surface area contributed by atoms with Gasteiger partial charge in [-0.3, -0.25) is 15.0 Å². The predicted octanol–water partition coefficient (Wildman–Crippen LogP) is 0.795. The fourth-order valence-electron chi connectivity index (χ4n) is 2.47. The number of benzene rings is 1. The molecule has 6 heteroatoms. The van der Waals surface area contributed by atoms with Gasteiger partial charge in [-0.15, -0.1) is 0 Å². The molecule has 0 saturated carbocycles. The molecule has 1 aromatic carbocycles. The summed E-state index contributed by atoms with van der Waals surface area (Å²) >= 11 is 0. The fourth-order valence-corrected chi connectivity index (χ4v) is 2.47. The van der Waals surface area contributed by atoms with Gasteiger partial charge in [0.15, 0.2) is 0 Å². The molecule has 3 N–H and O–H groups in total. The number of H-pyrrole nitrogens is 1. The number of anilines is 1. The van der Waals surface area contributed by atoms with Crippen molar-refractivity contribution >= 4 is 22.9 Å². The summed E-state index contributed by atoms with van der Waals surface area (Å²) in [6.07, 6.45) is 0. The van der Waals surface area contributed by atoms with Gasteiger partial charge >= 0.3 is 0 Å². The molecule has 1 aliphatic heterocycles. The molecule has 1 fully saturated rings. The van der Waals surface area contributed by atoms with E-state index in [9.17, 15) is 4.79 Å². The number of fused-ring (bicyclic) bond motifs is 1. The standard InChI is InChI=1S/C14H19N5O/c1-10(19-8-6-15-7-9-19)13(20)18-14-16-11-4-2-3-5-12(11)17-14/h2-5,10,15H,6-9H2,1H3,(H2,16,17,18,20).